The van der Waals surface area contributed by atoms with Crippen molar-refractivity contribution in [1.82, 2.24) is 10.6 Å². The van der Waals surface area contributed by atoms with Crippen molar-refractivity contribution in [3.05, 3.63) is 36.4 Å². The number of carbonyl (C=O) groups is 2. The Morgan fingerprint density at radius 3 is 2.48 bits per heavy atom. The second-order valence-corrected chi connectivity index (χ2v) is 4.24. The molecule has 1 rings (SSSR count). The third kappa shape index (κ3) is 5.56. The molecule has 0 aliphatic heterocycles. The average molecular weight is 292 g/mol. The highest BCUT2D eigenvalue weighted by molar-refractivity contribution is 5.85. The average Bonchev–Trinajstić information content (AvgIpc) is 2.50. The zero-order chi connectivity index (χ0) is 15.7. The van der Waals surface area contributed by atoms with E-state index in [1.54, 1.807) is 31.4 Å². The van der Waals surface area contributed by atoms with Gasteiger partial charge in [-0.05, 0) is 17.7 Å². The molecule has 0 aliphatic rings. The van der Waals surface area contributed by atoms with Crippen LogP contribution in [0.15, 0.2) is 30.9 Å². The number of amides is 2. The molecular formula is C15H20N2O4. The first-order valence-corrected chi connectivity index (χ1v) is 6.46. The van der Waals surface area contributed by atoms with Crippen LogP contribution < -0.4 is 20.1 Å². The van der Waals surface area contributed by atoms with Gasteiger partial charge in [-0.2, -0.15) is 0 Å². The molecule has 0 radical (unpaired) electrons. The fourth-order valence-electron chi connectivity index (χ4n) is 1.67. The van der Waals surface area contributed by atoms with Crippen molar-refractivity contribution >= 4 is 11.8 Å². The van der Waals surface area contributed by atoms with Gasteiger partial charge in [0.05, 0.1) is 27.2 Å². The summed E-state index contributed by atoms with van der Waals surface area (Å²) in [5, 5.41) is 5.13. The Labute approximate surface area is 124 Å². The molecule has 0 atom stereocenters. The Balaban J connectivity index is 2.51. The van der Waals surface area contributed by atoms with Crippen LogP contribution in [0, 0.1) is 0 Å². The van der Waals surface area contributed by atoms with Gasteiger partial charge < -0.3 is 20.1 Å². The SMILES string of the molecule is C=CCNC(=O)CNC(=O)Cc1ccc(OC)c(OC)c1. The summed E-state index contributed by atoms with van der Waals surface area (Å²) in [5.41, 5.74) is 0.775. The van der Waals surface area contributed by atoms with Gasteiger partial charge in [0.25, 0.3) is 0 Å². The molecule has 0 heterocycles. The normalized spacial score (nSPS) is 9.62. The summed E-state index contributed by atoms with van der Waals surface area (Å²) in [4.78, 5) is 23.1. The first-order valence-electron chi connectivity index (χ1n) is 6.46. The van der Waals surface area contributed by atoms with Crippen LogP contribution in [0.1, 0.15) is 5.56 Å². The monoisotopic (exact) mass is 292 g/mol. The lowest BCUT2D eigenvalue weighted by Gasteiger charge is -2.10. The fraction of sp³-hybridized carbons (Fsp3) is 0.333. The van der Waals surface area contributed by atoms with Crippen LogP contribution in [0.4, 0.5) is 0 Å². The summed E-state index contributed by atoms with van der Waals surface area (Å²) in [7, 11) is 3.08. The minimum absolute atomic E-state index is 0.0556. The van der Waals surface area contributed by atoms with Gasteiger partial charge in [0.2, 0.25) is 11.8 Å². The maximum Gasteiger partial charge on any atom is 0.239 e. The van der Waals surface area contributed by atoms with Crippen LogP contribution >= 0.6 is 0 Å². The third-order valence-corrected chi connectivity index (χ3v) is 2.70. The van der Waals surface area contributed by atoms with Gasteiger partial charge in [0, 0.05) is 6.54 Å². The molecule has 0 saturated heterocycles. The molecule has 6 nitrogen and oxygen atoms in total. The molecule has 0 bridgehead atoms. The molecule has 0 fully saturated rings. The molecule has 6 heteroatoms. The van der Waals surface area contributed by atoms with E-state index >= 15 is 0 Å². The van der Waals surface area contributed by atoms with Crippen molar-refractivity contribution < 1.29 is 19.1 Å². The summed E-state index contributed by atoms with van der Waals surface area (Å²) in [6.45, 7) is 3.81. The molecule has 0 saturated carbocycles. The maximum atomic E-state index is 11.8. The summed E-state index contributed by atoms with van der Waals surface area (Å²) in [5.74, 6) is 0.670. The molecule has 114 valence electrons. The van der Waals surface area contributed by atoms with Crippen molar-refractivity contribution in [3.8, 4) is 11.5 Å². The Hall–Kier alpha value is -2.50. The van der Waals surface area contributed by atoms with Crippen molar-refractivity contribution in [3.63, 3.8) is 0 Å². The lowest BCUT2D eigenvalue weighted by Crippen LogP contribution is -2.37. The number of hydrogen-bond donors (Lipinski definition) is 2. The molecule has 21 heavy (non-hydrogen) atoms. The highest BCUT2D eigenvalue weighted by Crippen LogP contribution is 2.27. The predicted octanol–water partition coefficient (Wildman–Crippen LogP) is 0.665. The van der Waals surface area contributed by atoms with Crippen molar-refractivity contribution in [2.24, 2.45) is 0 Å². The second-order valence-electron chi connectivity index (χ2n) is 4.24. The van der Waals surface area contributed by atoms with E-state index in [4.69, 9.17) is 9.47 Å². The number of carbonyl (C=O) groups excluding carboxylic acids is 2. The summed E-state index contributed by atoms with van der Waals surface area (Å²) in [6, 6.07) is 5.24. The van der Waals surface area contributed by atoms with E-state index in [0.29, 0.717) is 18.0 Å². The standard InChI is InChI=1S/C15H20N2O4/c1-4-7-16-15(19)10-17-14(18)9-11-5-6-12(20-2)13(8-11)21-3/h4-6,8H,1,7,9-10H2,2-3H3,(H,16,19)(H,17,18). The zero-order valence-electron chi connectivity index (χ0n) is 12.3. The topological polar surface area (TPSA) is 76.7 Å². The number of benzene rings is 1. The fourth-order valence-corrected chi connectivity index (χ4v) is 1.67. The number of ether oxygens (including phenoxy) is 2. The highest BCUT2D eigenvalue weighted by atomic mass is 16.5. The third-order valence-electron chi connectivity index (χ3n) is 2.70. The molecule has 1 aromatic rings. The number of hydrogen-bond acceptors (Lipinski definition) is 4. The van der Waals surface area contributed by atoms with Gasteiger partial charge in [0.1, 0.15) is 0 Å². The van der Waals surface area contributed by atoms with Gasteiger partial charge >= 0.3 is 0 Å². The van der Waals surface area contributed by atoms with Crippen LogP contribution in [0.3, 0.4) is 0 Å². The molecule has 2 N–H and O–H groups in total. The maximum absolute atomic E-state index is 11.8. The van der Waals surface area contributed by atoms with E-state index in [1.165, 1.54) is 7.11 Å². The van der Waals surface area contributed by atoms with E-state index < -0.39 is 0 Å². The zero-order valence-corrected chi connectivity index (χ0v) is 12.3. The Morgan fingerprint density at radius 1 is 1.14 bits per heavy atom. The van der Waals surface area contributed by atoms with Gasteiger partial charge in [-0.25, -0.2) is 0 Å². The van der Waals surface area contributed by atoms with Crippen LogP contribution in [-0.2, 0) is 16.0 Å². The van der Waals surface area contributed by atoms with Crippen LogP contribution in [0.2, 0.25) is 0 Å². The van der Waals surface area contributed by atoms with Crippen LogP contribution in [-0.4, -0.2) is 39.1 Å². The van der Waals surface area contributed by atoms with Gasteiger partial charge in [-0.1, -0.05) is 12.1 Å². The van der Waals surface area contributed by atoms with E-state index in [9.17, 15) is 9.59 Å². The molecular weight excluding hydrogens is 272 g/mol. The smallest absolute Gasteiger partial charge is 0.239 e. The van der Waals surface area contributed by atoms with Crippen molar-refractivity contribution in [1.29, 1.82) is 0 Å². The lowest BCUT2D eigenvalue weighted by molar-refractivity contribution is -0.125. The quantitative estimate of drug-likeness (QED) is 0.690. The van der Waals surface area contributed by atoms with Crippen molar-refractivity contribution in [2.45, 2.75) is 6.42 Å². The van der Waals surface area contributed by atoms with Gasteiger partial charge in [-0.15, -0.1) is 6.58 Å². The van der Waals surface area contributed by atoms with Crippen LogP contribution in [0.5, 0.6) is 11.5 Å². The minimum atomic E-state index is -0.254. The summed E-state index contributed by atoms with van der Waals surface area (Å²) >= 11 is 0. The second kappa shape index (κ2) is 8.63. The van der Waals surface area contributed by atoms with Gasteiger partial charge in [0.15, 0.2) is 11.5 Å². The molecule has 0 aliphatic carbocycles. The number of nitrogens with one attached hydrogen (secondary N) is 2. The number of rotatable bonds is 8. The van der Waals surface area contributed by atoms with E-state index in [2.05, 4.69) is 17.2 Å². The Kier molecular flexibility index (Phi) is 6.80. The van der Waals surface area contributed by atoms with E-state index in [0.717, 1.165) is 5.56 Å². The van der Waals surface area contributed by atoms with Crippen LogP contribution in [0.25, 0.3) is 0 Å². The first-order chi connectivity index (χ1) is 10.1. The minimum Gasteiger partial charge on any atom is -0.493 e. The summed E-state index contributed by atoms with van der Waals surface area (Å²) in [6.07, 6.45) is 1.73. The number of methoxy groups -OCH3 is 2. The van der Waals surface area contributed by atoms with E-state index in [1.807, 2.05) is 0 Å². The Morgan fingerprint density at radius 2 is 1.86 bits per heavy atom. The lowest BCUT2D eigenvalue weighted by atomic mass is 10.1. The molecule has 1 aromatic carbocycles. The molecule has 2 amide bonds. The predicted molar refractivity (Wildman–Crippen MR) is 79.5 cm³/mol. The largest absolute Gasteiger partial charge is 0.493 e. The Bertz CT molecular complexity index is 514. The summed E-state index contributed by atoms with van der Waals surface area (Å²) < 4.78 is 10.3. The van der Waals surface area contributed by atoms with Crippen molar-refractivity contribution in [2.75, 3.05) is 27.3 Å². The molecule has 0 aromatic heterocycles. The molecule has 0 unspecified atom stereocenters. The van der Waals surface area contributed by atoms with E-state index in [-0.39, 0.29) is 24.8 Å². The first kappa shape index (κ1) is 16.6. The highest BCUT2D eigenvalue weighted by Gasteiger charge is 2.09. The molecule has 0 spiro atoms. The van der Waals surface area contributed by atoms with Gasteiger partial charge in [-0.3, -0.25) is 9.59 Å².